The summed E-state index contributed by atoms with van der Waals surface area (Å²) in [7, 11) is 1.52. The van der Waals surface area contributed by atoms with Gasteiger partial charge in [-0.3, -0.25) is 4.79 Å². The van der Waals surface area contributed by atoms with E-state index in [9.17, 15) is 18.3 Å². The summed E-state index contributed by atoms with van der Waals surface area (Å²) in [5.41, 5.74) is 0. The second kappa shape index (κ2) is 9.74. The van der Waals surface area contributed by atoms with E-state index in [-0.39, 0.29) is 42.2 Å². The van der Waals surface area contributed by atoms with Crippen LogP contribution in [0.2, 0.25) is 0 Å². The lowest BCUT2D eigenvalue weighted by molar-refractivity contribution is -0.132. The van der Waals surface area contributed by atoms with Gasteiger partial charge in [-0.25, -0.2) is 8.42 Å². The molecule has 1 heterocycles. The molecule has 1 aliphatic heterocycles. The van der Waals surface area contributed by atoms with E-state index in [2.05, 4.69) is 15.9 Å². The van der Waals surface area contributed by atoms with E-state index in [0.717, 1.165) is 0 Å². The first-order valence-electron chi connectivity index (χ1n) is 9.45. The van der Waals surface area contributed by atoms with Gasteiger partial charge in [0.15, 0.2) is 0 Å². The number of nitrogens with zero attached hydrogens (tertiary/aromatic N) is 3. The van der Waals surface area contributed by atoms with Crippen LogP contribution in [0.25, 0.3) is 0 Å². The summed E-state index contributed by atoms with van der Waals surface area (Å²) < 4.78 is 34.6. The monoisotopic (exact) mass is 491 g/mol. The van der Waals surface area contributed by atoms with Crippen LogP contribution in [-0.4, -0.2) is 93.1 Å². The molecule has 0 unspecified atom stereocenters. The third-order valence-corrected chi connectivity index (χ3v) is 7.47. The SMILES string of the molecule is C[C@H]1CN([C@@H](C)CO)S(=O)(=O)c2ccc(Br)cc2O[C@H]1CN(C)C(=O)CN(C)C. The quantitative estimate of drug-likeness (QED) is 0.643. The standard InChI is InChI=1S/C19H30BrN3O5S/c1-13-9-23(14(2)12-24)29(26,27)18-7-6-15(20)8-16(18)28-17(13)10-22(5)19(25)11-21(3)4/h6-8,13-14,17,24H,9-12H2,1-5H3/t13-,14-,17-/m0/s1. The molecule has 1 N–H and O–H groups in total. The lowest BCUT2D eigenvalue weighted by Crippen LogP contribution is -2.50. The summed E-state index contributed by atoms with van der Waals surface area (Å²) in [6.45, 7) is 4.06. The zero-order valence-corrected chi connectivity index (χ0v) is 19.9. The molecular formula is C19H30BrN3O5S. The highest BCUT2D eigenvalue weighted by atomic mass is 79.9. The smallest absolute Gasteiger partial charge is 0.247 e. The molecule has 1 aliphatic rings. The number of ether oxygens (including phenoxy) is 1. The van der Waals surface area contributed by atoms with E-state index in [1.165, 1.54) is 10.4 Å². The van der Waals surface area contributed by atoms with Gasteiger partial charge in [-0.1, -0.05) is 22.9 Å². The fourth-order valence-corrected chi connectivity index (χ4v) is 5.35. The maximum Gasteiger partial charge on any atom is 0.247 e. The second-order valence-electron chi connectivity index (χ2n) is 7.84. The lowest BCUT2D eigenvalue weighted by atomic mass is 10.0. The van der Waals surface area contributed by atoms with Crippen LogP contribution in [0.15, 0.2) is 27.6 Å². The average Bonchev–Trinajstić information content (AvgIpc) is 2.63. The molecule has 0 radical (unpaired) electrons. The number of aliphatic hydroxyl groups is 1. The summed E-state index contributed by atoms with van der Waals surface area (Å²) >= 11 is 3.37. The van der Waals surface area contributed by atoms with Crippen LogP contribution in [0.4, 0.5) is 0 Å². The Kier molecular flexibility index (Phi) is 8.08. The van der Waals surface area contributed by atoms with Crippen molar-refractivity contribution >= 4 is 31.9 Å². The number of benzene rings is 1. The van der Waals surface area contributed by atoms with Crippen molar-refractivity contribution in [3.05, 3.63) is 22.7 Å². The average molecular weight is 492 g/mol. The van der Waals surface area contributed by atoms with Gasteiger partial charge < -0.3 is 19.6 Å². The Morgan fingerprint density at radius 1 is 1.38 bits per heavy atom. The summed E-state index contributed by atoms with van der Waals surface area (Å²) in [4.78, 5) is 15.8. The van der Waals surface area contributed by atoms with Crippen LogP contribution < -0.4 is 4.74 Å². The first-order chi connectivity index (χ1) is 13.5. The minimum absolute atomic E-state index is 0.0458. The lowest BCUT2D eigenvalue weighted by Gasteiger charge is -2.37. The van der Waals surface area contributed by atoms with Crippen molar-refractivity contribution in [3.8, 4) is 5.75 Å². The number of sulfonamides is 1. The van der Waals surface area contributed by atoms with Gasteiger partial charge in [0, 0.05) is 30.0 Å². The van der Waals surface area contributed by atoms with Gasteiger partial charge in [-0.05, 0) is 39.2 Å². The molecule has 164 valence electrons. The number of fused-ring (bicyclic) bond motifs is 1. The third kappa shape index (κ3) is 5.69. The predicted molar refractivity (Wildman–Crippen MR) is 114 cm³/mol. The molecule has 3 atom stereocenters. The maximum absolute atomic E-state index is 13.2. The van der Waals surface area contributed by atoms with Gasteiger partial charge in [-0.15, -0.1) is 0 Å². The highest BCUT2D eigenvalue weighted by molar-refractivity contribution is 9.10. The molecule has 29 heavy (non-hydrogen) atoms. The number of hydrogen-bond donors (Lipinski definition) is 1. The molecule has 10 heteroatoms. The number of aliphatic hydroxyl groups excluding tert-OH is 1. The molecule has 0 fully saturated rings. The van der Waals surface area contributed by atoms with E-state index in [1.807, 2.05) is 21.0 Å². The van der Waals surface area contributed by atoms with Gasteiger partial charge in [0.05, 0.1) is 19.7 Å². The van der Waals surface area contributed by atoms with Gasteiger partial charge >= 0.3 is 0 Å². The number of carbonyl (C=O) groups is 1. The highest BCUT2D eigenvalue weighted by Gasteiger charge is 2.38. The van der Waals surface area contributed by atoms with Crippen LogP contribution in [0, 0.1) is 5.92 Å². The maximum atomic E-state index is 13.2. The van der Waals surface area contributed by atoms with Gasteiger partial charge in [0.1, 0.15) is 16.7 Å². The van der Waals surface area contributed by atoms with Crippen molar-refractivity contribution < 1.29 is 23.1 Å². The Morgan fingerprint density at radius 3 is 2.62 bits per heavy atom. The molecule has 0 aromatic heterocycles. The van der Waals surface area contributed by atoms with E-state index >= 15 is 0 Å². The van der Waals surface area contributed by atoms with Crippen LogP contribution in [-0.2, 0) is 14.8 Å². The molecule has 0 saturated heterocycles. The molecule has 0 aliphatic carbocycles. The van der Waals surface area contributed by atoms with Crippen LogP contribution >= 0.6 is 15.9 Å². The van der Waals surface area contributed by atoms with Crippen LogP contribution in [0.5, 0.6) is 5.75 Å². The van der Waals surface area contributed by atoms with Crippen molar-refractivity contribution in [1.29, 1.82) is 0 Å². The normalized spacial score (nSPS) is 22.9. The van der Waals surface area contributed by atoms with E-state index in [4.69, 9.17) is 4.74 Å². The van der Waals surface area contributed by atoms with Crippen LogP contribution in [0.1, 0.15) is 13.8 Å². The fourth-order valence-electron chi connectivity index (χ4n) is 3.18. The Morgan fingerprint density at radius 2 is 2.03 bits per heavy atom. The van der Waals surface area contributed by atoms with Crippen molar-refractivity contribution in [2.45, 2.75) is 30.9 Å². The topological polar surface area (TPSA) is 90.4 Å². The van der Waals surface area contributed by atoms with Gasteiger partial charge in [0.25, 0.3) is 0 Å². The van der Waals surface area contributed by atoms with E-state index in [1.54, 1.807) is 35.9 Å². The minimum atomic E-state index is -3.85. The largest absolute Gasteiger partial charge is 0.487 e. The zero-order valence-electron chi connectivity index (χ0n) is 17.5. The molecule has 0 bridgehead atoms. The predicted octanol–water partition coefficient (Wildman–Crippen LogP) is 1.24. The highest BCUT2D eigenvalue weighted by Crippen LogP contribution is 2.35. The Bertz CT molecular complexity index is 833. The van der Waals surface area contributed by atoms with Gasteiger partial charge in [0.2, 0.25) is 15.9 Å². The zero-order chi connectivity index (χ0) is 21.9. The summed E-state index contributed by atoms with van der Waals surface area (Å²) in [5, 5.41) is 9.63. The first-order valence-corrected chi connectivity index (χ1v) is 11.7. The molecule has 2 rings (SSSR count). The minimum Gasteiger partial charge on any atom is -0.487 e. The first kappa shape index (κ1) is 24.1. The van der Waals surface area contributed by atoms with E-state index in [0.29, 0.717) is 11.0 Å². The number of carbonyl (C=O) groups excluding carboxylic acids is 1. The van der Waals surface area contributed by atoms with Gasteiger partial charge in [-0.2, -0.15) is 4.31 Å². The Balaban J connectivity index is 2.43. The fraction of sp³-hybridized carbons (Fsp3) is 0.632. The second-order valence-corrected chi connectivity index (χ2v) is 10.6. The van der Waals surface area contributed by atoms with Crippen LogP contribution in [0.3, 0.4) is 0 Å². The molecule has 0 saturated carbocycles. The summed E-state index contributed by atoms with van der Waals surface area (Å²) in [6.07, 6.45) is -0.414. The van der Waals surface area contributed by atoms with Crippen molar-refractivity contribution in [2.75, 3.05) is 47.4 Å². The molecule has 1 amide bonds. The third-order valence-electron chi connectivity index (χ3n) is 4.96. The van der Waals surface area contributed by atoms with Crippen molar-refractivity contribution in [2.24, 2.45) is 5.92 Å². The summed E-state index contributed by atoms with van der Waals surface area (Å²) in [5.74, 6) is -0.0180. The number of amides is 1. The molecular weight excluding hydrogens is 462 g/mol. The molecule has 1 aromatic rings. The molecule has 0 spiro atoms. The molecule has 1 aromatic carbocycles. The number of rotatable bonds is 6. The molecule has 8 nitrogen and oxygen atoms in total. The Labute approximate surface area is 181 Å². The Hall–Kier alpha value is -1.20. The number of hydrogen-bond acceptors (Lipinski definition) is 6. The number of halogens is 1. The van der Waals surface area contributed by atoms with E-state index < -0.39 is 22.2 Å². The number of likely N-dealkylation sites (N-methyl/N-ethyl adjacent to an activating group) is 2. The van der Waals surface area contributed by atoms with Crippen molar-refractivity contribution in [1.82, 2.24) is 14.1 Å². The van der Waals surface area contributed by atoms with Crippen molar-refractivity contribution in [3.63, 3.8) is 0 Å². The summed E-state index contributed by atoms with van der Waals surface area (Å²) in [6, 6.07) is 4.20.